The van der Waals surface area contributed by atoms with Gasteiger partial charge in [-0.05, 0) is 31.0 Å². The minimum atomic E-state index is -3.50. The number of hydrogen-bond donors (Lipinski definition) is 1. The SMILES string of the molecule is CS(=O)(=O)OC[C@@H]1CCN(c2ccc3c(c2)C(=O)N(C2CCC(=O)NC2=O)C3=O)C1. The smallest absolute Gasteiger partial charge is 0.264 e. The molecule has 3 heterocycles. The molecule has 10 nitrogen and oxygen atoms in total. The number of rotatable bonds is 5. The minimum Gasteiger partial charge on any atom is -0.371 e. The predicted octanol–water partition coefficient (Wildman–Crippen LogP) is -0.110. The lowest BCUT2D eigenvalue weighted by Crippen LogP contribution is -2.54. The molecule has 2 saturated heterocycles. The second kappa shape index (κ2) is 7.47. The first-order chi connectivity index (χ1) is 14.1. The van der Waals surface area contributed by atoms with Gasteiger partial charge in [0, 0.05) is 31.1 Å². The Hall–Kier alpha value is -2.79. The van der Waals surface area contributed by atoms with Crippen LogP contribution < -0.4 is 10.2 Å². The number of benzene rings is 1. The zero-order valence-electron chi connectivity index (χ0n) is 16.3. The van der Waals surface area contributed by atoms with Crippen molar-refractivity contribution < 1.29 is 31.8 Å². The lowest BCUT2D eigenvalue weighted by Gasteiger charge is -2.27. The molecule has 30 heavy (non-hydrogen) atoms. The number of imide groups is 2. The van der Waals surface area contributed by atoms with Crippen molar-refractivity contribution in [1.82, 2.24) is 10.2 Å². The van der Waals surface area contributed by atoms with E-state index in [1.165, 1.54) is 0 Å². The number of nitrogens with zero attached hydrogens (tertiary/aromatic N) is 2. The Morgan fingerprint density at radius 2 is 1.83 bits per heavy atom. The van der Waals surface area contributed by atoms with E-state index in [0.717, 1.165) is 23.3 Å². The van der Waals surface area contributed by atoms with Crippen LogP contribution in [0.5, 0.6) is 0 Å². The fourth-order valence-corrected chi connectivity index (χ4v) is 4.52. The maximum Gasteiger partial charge on any atom is 0.264 e. The van der Waals surface area contributed by atoms with Crippen molar-refractivity contribution in [3.63, 3.8) is 0 Å². The van der Waals surface area contributed by atoms with Gasteiger partial charge in [0.1, 0.15) is 6.04 Å². The van der Waals surface area contributed by atoms with Crippen LogP contribution >= 0.6 is 0 Å². The molecule has 0 bridgehead atoms. The Labute approximate surface area is 173 Å². The second-order valence-electron chi connectivity index (χ2n) is 7.77. The molecule has 4 amide bonds. The number of carbonyl (C=O) groups is 4. The highest BCUT2D eigenvalue weighted by Gasteiger charge is 2.44. The van der Waals surface area contributed by atoms with Crippen molar-refractivity contribution in [3.05, 3.63) is 29.3 Å². The van der Waals surface area contributed by atoms with Gasteiger partial charge in [0.2, 0.25) is 11.8 Å². The summed E-state index contributed by atoms with van der Waals surface area (Å²) in [7, 11) is -3.50. The van der Waals surface area contributed by atoms with E-state index in [1.807, 2.05) is 4.90 Å². The predicted molar refractivity (Wildman–Crippen MR) is 104 cm³/mol. The van der Waals surface area contributed by atoms with Gasteiger partial charge in [-0.1, -0.05) is 0 Å². The van der Waals surface area contributed by atoms with Gasteiger partial charge in [-0.15, -0.1) is 0 Å². The van der Waals surface area contributed by atoms with E-state index in [9.17, 15) is 27.6 Å². The van der Waals surface area contributed by atoms with Crippen molar-refractivity contribution in [2.45, 2.75) is 25.3 Å². The van der Waals surface area contributed by atoms with E-state index in [-0.39, 0.29) is 36.5 Å². The highest BCUT2D eigenvalue weighted by Crippen LogP contribution is 2.32. The van der Waals surface area contributed by atoms with Crippen LogP contribution in [0.25, 0.3) is 0 Å². The summed E-state index contributed by atoms with van der Waals surface area (Å²) in [6, 6.07) is 3.93. The van der Waals surface area contributed by atoms with Gasteiger partial charge in [-0.3, -0.25) is 33.6 Å². The molecule has 0 spiro atoms. The molecular weight excluding hydrogens is 414 g/mol. The van der Waals surface area contributed by atoms with Crippen LogP contribution in [0.2, 0.25) is 0 Å². The summed E-state index contributed by atoms with van der Waals surface area (Å²) in [6.07, 6.45) is 1.93. The highest BCUT2D eigenvalue weighted by molar-refractivity contribution is 7.85. The molecule has 0 radical (unpaired) electrons. The molecule has 3 aliphatic rings. The van der Waals surface area contributed by atoms with Gasteiger partial charge in [0.05, 0.1) is 24.0 Å². The third kappa shape index (κ3) is 3.82. The fraction of sp³-hybridized carbons (Fsp3) is 0.474. The van der Waals surface area contributed by atoms with Gasteiger partial charge in [-0.25, -0.2) is 0 Å². The summed E-state index contributed by atoms with van der Waals surface area (Å²) in [4.78, 5) is 52.1. The zero-order valence-corrected chi connectivity index (χ0v) is 17.1. The van der Waals surface area contributed by atoms with E-state index >= 15 is 0 Å². The average molecular weight is 435 g/mol. The number of anilines is 1. The summed E-state index contributed by atoms with van der Waals surface area (Å²) < 4.78 is 27.2. The molecular formula is C19H21N3O7S. The first-order valence-electron chi connectivity index (χ1n) is 9.59. The lowest BCUT2D eigenvalue weighted by atomic mass is 10.0. The van der Waals surface area contributed by atoms with E-state index in [4.69, 9.17) is 4.18 Å². The maximum atomic E-state index is 12.9. The van der Waals surface area contributed by atoms with Gasteiger partial charge < -0.3 is 4.90 Å². The number of fused-ring (bicyclic) bond motifs is 1. The summed E-state index contributed by atoms with van der Waals surface area (Å²) >= 11 is 0. The fourth-order valence-electron chi connectivity index (χ4n) is 4.08. The Kier molecular flexibility index (Phi) is 5.10. The van der Waals surface area contributed by atoms with E-state index in [2.05, 4.69) is 5.32 Å². The standard InChI is InChI=1S/C19H21N3O7S/c1-30(27,28)29-10-11-6-7-21(9-11)12-2-3-13-14(8-12)19(26)22(18(13)25)15-4-5-16(23)20-17(15)24/h2-3,8,11,15H,4-7,9-10H2,1H3,(H,20,23,24)/t11-,15?/m1/s1. The molecule has 2 fully saturated rings. The molecule has 0 aliphatic carbocycles. The monoisotopic (exact) mass is 435 g/mol. The highest BCUT2D eigenvalue weighted by atomic mass is 32.2. The summed E-state index contributed by atoms with van der Waals surface area (Å²) in [5.41, 5.74) is 1.18. The van der Waals surface area contributed by atoms with Gasteiger partial charge in [0.15, 0.2) is 0 Å². The number of hydrogen-bond acceptors (Lipinski definition) is 8. The maximum absolute atomic E-state index is 12.9. The van der Waals surface area contributed by atoms with Crippen LogP contribution in [0.1, 0.15) is 40.0 Å². The number of nitrogens with one attached hydrogen (secondary N) is 1. The number of carbonyl (C=O) groups excluding carboxylic acids is 4. The van der Waals surface area contributed by atoms with Crippen molar-refractivity contribution in [2.24, 2.45) is 5.92 Å². The van der Waals surface area contributed by atoms with Gasteiger partial charge >= 0.3 is 0 Å². The van der Waals surface area contributed by atoms with Crippen LogP contribution in [0.15, 0.2) is 18.2 Å². The van der Waals surface area contributed by atoms with Gasteiger partial charge in [-0.2, -0.15) is 8.42 Å². The summed E-state index contributed by atoms with van der Waals surface area (Å²) in [5, 5.41) is 2.17. The van der Waals surface area contributed by atoms with Crippen molar-refractivity contribution >= 4 is 39.4 Å². The Morgan fingerprint density at radius 3 is 2.53 bits per heavy atom. The summed E-state index contributed by atoms with van der Waals surface area (Å²) in [5.74, 6) is -2.13. The second-order valence-corrected chi connectivity index (χ2v) is 9.41. The third-order valence-electron chi connectivity index (χ3n) is 5.59. The topological polar surface area (TPSA) is 130 Å². The molecule has 11 heteroatoms. The number of piperidine rings is 1. The average Bonchev–Trinajstić information content (AvgIpc) is 3.24. The Bertz CT molecular complexity index is 1050. The van der Waals surface area contributed by atoms with Crippen LogP contribution in [0.3, 0.4) is 0 Å². The zero-order chi connectivity index (χ0) is 21.6. The molecule has 1 unspecified atom stereocenters. The van der Waals surface area contributed by atoms with Crippen LogP contribution in [0, 0.1) is 5.92 Å². The molecule has 0 saturated carbocycles. The Balaban J connectivity index is 1.50. The first-order valence-corrected chi connectivity index (χ1v) is 11.4. The minimum absolute atomic E-state index is 0.0327. The molecule has 1 aromatic carbocycles. The van der Waals surface area contributed by atoms with E-state index in [1.54, 1.807) is 18.2 Å². The van der Waals surface area contributed by atoms with Gasteiger partial charge in [0.25, 0.3) is 21.9 Å². The quantitative estimate of drug-likeness (QED) is 0.501. The normalized spacial score (nSPS) is 24.4. The van der Waals surface area contributed by atoms with E-state index in [0.29, 0.717) is 13.1 Å². The third-order valence-corrected chi connectivity index (χ3v) is 6.16. The summed E-state index contributed by atoms with van der Waals surface area (Å²) in [6.45, 7) is 1.32. The molecule has 160 valence electrons. The number of amides is 4. The molecule has 4 rings (SSSR count). The first kappa shape index (κ1) is 20.5. The molecule has 1 N–H and O–H groups in total. The lowest BCUT2D eigenvalue weighted by molar-refractivity contribution is -0.136. The van der Waals surface area contributed by atoms with E-state index < -0.39 is 39.8 Å². The van der Waals surface area contributed by atoms with Crippen molar-refractivity contribution in [3.8, 4) is 0 Å². The Morgan fingerprint density at radius 1 is 1.10 bits per heavy atom. The van der Waals surface area contributed by atoms with Crippen LogP contribution in [-0.4, -0.2) is 68.9 Å². The molecule has 3 aliphatic heterocycles. The molecule has 2 atom stereocenters. The van der Waals surface area contributed by atoms with Crippen molar-refractivity contribution in [2.75, 3.05) is 30.9 Å². The molecule has 1 aromatic rings. The largest absolute Gasteiger partial charge is 0.371 e. The van der Waals surface area contributed by atoms with Crippen LogP contribution in [0.4, 0.5) is 5.69 Å². The van der Waals surface area contributed by atoms with Crippen molar-refractivity contribution in [1.29, 1.82) is 0 Å². The van der Waals surface area contributed by atoms with Crippen LogP contribution in [-0.2, 0) is 23.9 Å². The molecule has 0 aromatic heterocycles.